The van der Waals surface area contributed by atoms with Gasteiger partial charge in [0, 0.05) is 17.8 Å². The zero-order chi connectivity index (χ0) is 22.5. The van der Waals surface area contributed by atoms with E-state index in [0.717, 1.165) is 29.3 Å². The third kappa shape index (κ3) is 3.32. The van der Waals surface area contributed by atoms with Gasteiger partial charge in [-0.3, -0.25) is 14.3 Å². The van der Waals surface area contributed by atoms with Crippen LogP contribution in [0.25, 0.3) is 21.9 Å². The van der Waals surface area contributed by atoms with Gasteiger partial charge in [0.2, 0.25) is 5.89 Å². The molecule has 1 aliphatic rings. The molecule has 0 bridgehead atoms. The Kier molecular flexibility index (Phi) is 4.42. The van der Waals surface area contributed by atoms with E-state index in [1.54, 1.807) is 18.5 Å². The van der Waals surface area contributed by atoms with E-state index in [9.17, 15) is 9.59 Å². The molecule has 9 heteroatoms. The maximum Gasteiger partial charge on any atom is 0.437 e. The predicted molar refractivity (Wildman–Crippen MR) is 121 cm³/mol. The second-order valence-electron chi connectivity index (χ2n) is 8.49. The minimum absolute atomic E-state index is 0.0255. The smallest absolute Gasteiger partial charge is 0.390 e. The quantitative estimate of drug-likeness (QED) is 0.423. The molecule has 0 N–H and O–H groups in total. The molecule has 0 unspecified atom stereocenters. The molecule has 4 aromatic heterocycles. The number of hydrogen-bond donors (Lipinski definition) is 0. The lowest BCUT2D eigenvalue weighted by atomic mass is 9.75. The van der Waals surface area contributed by atoms with E-state index in [1.807, 2.05) is 19.1 Å². The molecule has 0 atom stereocenters. The van der Waals surface area contributed by atoms with Gasteiger partial charge >= 0.3 is 5.76 Å². The van der Waals surface area contributed by atoms with Crippen molar-refractivity contribution in [1.29, 1.82) is 0 Å². The molecular formula is C24H20N6O3. The molecule has 5 aromatic rings. The molecule has 1 aromatic carbocycles. The van der Waals surface area contributed by atoms with Crippen LogP contribution in [0.4, 0.5) is 0 Å². The fourth-order valence-electron chi connectivity index (χ4n) is 4.52. The molecule has 0 spiro atoms. The Balaban J connectivity index is 1.21. The number of pyridine rings is 2. The second kappa shape index (κ2) is 7.47. The van der Waals surface area contributed by atoms with Crippen molar-refractivity contribution >= 4 is 21.9 Å². The summed E-state index contributed by atoms with van der Waals surface area (Å²) < 4.78 is 8.15. The minimum Gasteiger partial charge on any atom is -0.390 e. The van der Waals surface area contributed by atoms with Gasteiger partial charge in [0.1, 0.15) is 12.9 Å². The number of hydrogen-bond acceptors (Lipinski definition) is 7. The summed E-state index contributed by atoms with van der Waals surface area (Å²) in [5.41, 5.74) is 3.16. The SMILES string of the molecule is Cc1ccnc2ncn(Cc3nn([C@H]4C[C@H](c5ccc6ncccc6c5)C4)c(=O)o3)c(=O)c12. The van der Waals surface area contributed by atoms with E-state index >= 15 is 0 Å². The normalized spacial score (nSPS) is 18.0. The van der Waals surface area contributed by atoms with Crippen LogP contribution in [0.2, 0.25) is 0 Å². The second-order valence-corrected chi connectivity index (χ2v) is 8.49. The lowest BCUT2D eigenvalue weighted by Crippen LogP contribution is -2.31. The van der Waals surface area contributed by atoms with Crippen LogP contribution in [-0.2, 0) is 6.54 Å². The highest BCUT2D eigenvalue weighted by Gasteiger charge is 2.34. The van der Waals surface area contributed by atoms with Gasteiger partial charge in [-0.25, -0.2) is 14.8 Å². The first-order valence-corrected chi connectivity index (χ1v) is 10.8. The van der Waals surface area contributed by atoms with Crippen LogP contribution in [0.1, 0.15) is 41.8 Å². The highest BCUT2D eigenvalue weighted by atomic mass is 16.4. The fourth-order valence-corrected chi connectivity index (χ4v) is 4.52. The highest BCUT2D eigenvalue weighted by Crippen LogP contribution is 2.44. The summed E-state index contributed by atoms with van der Waals surface area (Å²) in [6.07, 6.45) is 6.43. The van der Waals surface area contributed by atoms with Gasteiger partial charge in [-0.05, 0) is 61.1 Å². The number of aromatic nitrogens is 6. The van der Waals surface area contributed by atoms with Crippen molar-refractivity contribution in [2.75, 3.05) is 0 Å². The summed E-state index contributed by atoms with van der Waals surface area (Å²) in [5, 5.41) is 5.94. The van der Waals surface area contributed by atoms with Crippen LogP contribution in [0.5, 0.6) is 0 Å². The van der Waals surface area contributed by atoms with Crippen molar-refractivity contribution in [2.24, 2.45) is 0 Å². The van der Waals surface area contributed by atoms with Crippen LogP contribution in [0, 0.1) is 6.92 Å². The summed E-state index contributed by atoms with van der Waals surface area (Å²) in [5.74, 6) is 0.0373. The Bertz CT molecular complexity index is 1630. The topological polar surface area (TPSA) is 109 Å². The van der Waals surface area contributed by atoms with Gasteiger partial charge in [-0.2, -0.15) is 4.68 Å². The standard InChI is InChI=1S/C24H20N6O3/c1-14-6-8-26-22-21(14)23(31)29(13-27-22)12-20-28-30(24(32)33-20)18-10-17(11-18)15-4-5-19-16(9-15)3-2-7-25-19/h2-9,13,17-18H,10-12H2,1H3/t17-,18-. The lowest BCUT2D eigenvalue weighted by molar-refractivity contribution is 0.233. The van der Waals surface area contributed by atoms with E-state index in [0.29, 0.717) is 17.0 Å². The van der Waals surface area contributed by atoms with Crippen LogP contribution >= 0.6 is 0 Å². The highest BCUT2D eigenvalue weighted by molar-refractivity contribution is 5.79. The van der Waals surface area contributed by atoms with Gasteiger partial charge in [0.15, 0.2) is 5.65 Å². The van der Waals surface area contributed by atoms with Crippen molar-refractivity contribution in [3.63, 3.8) is 0 Å². The minimum atomic E-state index is -0.504. The van der Waals surface area contributed by atoms with Gasteiger partial charge in [-0.15, -0.1) is 5.10 Å². The number of nitrogens with zero attached hydrogens (tertiary/aromatic N) is 6. The number of aryl methyl sites for hydroxylation is 1. The zero-order valence-corrected chi connectivity index (χ0v) is 17.9. The van der Waals surface area contributed by atoms with E-state index < -0.39 is 5.76 Å². The lowest BCUT2D eigenvalue weighted by Gasteiger charge is -2.34. The Morgan fingerprint density at radius 1 is 1.06 bits per heavy atom. The van der Waals surface area contributed by atoms with Crippen molar-refractivity contribution < 1.29 is 4.42 Å². The van der Waals surface area contributed by atoms with Crippen LogP contribution in [0.15, 0.2) is 69.1 Å². The third-order valence-electron chi connectivity index (χ3n) is 6.41. The van der Waals surface area contributed by atoms with Crippen molar-refractivity contribution in [1.82, 2.24) is 29.3 Å². The fraction of sp³-hybridized carbons (Fsp3) is 0.250. The Hall–Kier alpha value is -4.14. The van der Waals surface area contributed by atoms with Gasteiger partial charge in [0.05, 0.1) is 16.9 Å². The molecule has 1 aliphatic carbocycles. The molecule has 1 saturated carbocycles. The first-order valence-electron chi connectivity index (χ1n) is 10.8. The molecule has 0 amide bonds. The van der Waals surface area contributed by atoms with E-state index in [-0.39, 0.29) is 24.0 Å². The van der Waals surface area contributed by atoms with Crippen LogP contribution in [-0.4, -0.2) is 29.3 Å². The molecule has 33 heavy (non-hydrogen) atoms. The van der Waals surface area contributed by atoms with Gasteiger partial charge < -0.3 is 4.42 Å². The van der Waals surface area contributed by atoms with Crippen molar-refractivity contribution in [3.05, 3.63) is 93.0 Å². The maximum absolute atomic E-state index is 12.9. The van der Waals surface area contributed by atoms with E-state index in [1.165, 1.54) is 21.1 Å². The Morgan fingerprint density at radius 2 is 1.94 bits per heavy atom. The molecule has 0 radical (unpaired) electrons. The largest absolute Gasteiger partial charge is 0.437 e. The molecule has 6 rings (SSSR count). The predicted octanol–water partition coefficient (Wildman–Crippen LogP) is 2.96. The van der Waals surface area contributed by atoms with Crippen molar-refractivity contribution in [3.8, 4) is 0 Å². The molecule has 0 saturated heterocycles. The van der Waals surface area contributed by atoms with Crippen molar-refractivity contribution in [2.45, 2.75) is 38.3 Å². The Labute approximate surface area is 187 Å². The number of fused-ring (bicyclic) bond motifs is 2. The van der Waals surface area contributed by atoms with E-state index in [4.69, 9.17) is 4.42 Å². The van der Waals surface area contributed by atoms with Crippen LogP contribution in [0.3, 0.4) is 0 Å². The summed E-state index contributed by atoms with van der Waals surface area (Å²) in [6, 6.07) is 12.0. The first kappa shape index (κ1) is 19.5. The molecule has 0 aliphatic heterocycles. The number of rotatable bonds is 4. The van der Waals surface area contributed by atoms with Crippen LogP contribution < -0.4 is 11.3 Å². The molecule has 4 heterocycles. The number of benzene rings is 1. The first-order chi connectivity index (χ1) is 16.1. The Morgan fingerprint density at radius 3 is 2.82 bits per heavy atom. The summed E-state index contributed by atoms with van der Waals surface area (Å²) in [4.78, 5) is 38.1. The average molecular weight is 440 g/mol. The van der Waals surface area contributed by atoms with E-state index in [2.05, 4.69) is 38.2 Å². The zero-order valence-electron chi connectivity index (χ0n) is 17.9. The monoisotopic (exact) mass is 440 g/mol. The molecule has 1 fully saturated rings. The molecule has 9 nitrogen and oxygen atoms in total. The summed E-state index contributed by atoms with van der Waals surface area (Å²) in [7, 11) is 0. The van der Waals surface area contributed by atoms with Gasteiger partial charge in [-0.1, -0.05) is 12.1 Å². The maximum atomic E-state index is 12.9. The third-order valence-corrected chi connectivity index (χ3v) is 6.41. The average Bonchev–Trinajstić information content (AvgIpc) is 3.14. The van der Waals surface area contributed by atoms with Gasteiger partial charge in [0.25, 0.3) is 5.56 Å². The summed E-state index contributed by atoms with van der Waals surface area (Å²) in [6.45, 7) is 1.87. The molecular weight excluding hydrogens is 420 g/mol. The molecule has 164 valence electrons. The summed E-state index contributed by atoms with van der Waals surface area (Å²) >= 11 is 0.